The molecular formula is C21H22ClN5O3. The minimum atomic E-state index is -0.650. The highest BCUT2D eigenvalue weighted by atomic mass is 35.5. The van der Waals surface area contributed by atoms with Crippen molar-refractivity contribution in [1.29, 1.82) is 0 Å². The van der Waals surface area contributed by atoms with Gasteiger partial charge in [-0.25, -0.2) is 9.67 Å². The Morgan fingerprint density at radius 3 is 2.53 bits per heavy atom. The van der Waals surface area contributed by atoms with Gasteiger partial charge in [-0.05, 0) is 63.1 Å². The molecule has 0 saturated carbocycles. The first kappa shape index (κ1) is 21.3. The number of benzene rings is 1. The number of carbonyl (C=O) groups excluding carboxylic acids is 2. The Bertz CT molecular complexity index is 1110. The fraction of sp³-hybridized carbons (Fsp3) is 0.238. The molecule has 2 heterocycles. The molecule has 0 aliphatic rings. The third-order valence-corrected chi connectivity index (χ3v) is 4.60. The Balaban J connectivity index is 1.63. The number of hydrogen-bond acceptors (Lipinski definition) is 5. The molecule has 3 aromatic rings. The summed E-state index contributed by atoms with van der Waals surface area (Å²) in [5, 5.41) is 4.50. The van der Waals surface area contributed by atoms with Crippen molar-refractivity contribution in [2.75, 3.05) is 6.61 Å². The lowest BCUT2D eigenvalue weighted by Gasteiger charge is -2.12. The number of nitrogens with zero attached hydrogens (tertiary/aromatic N) is 3. The summed E-state index contributed by atoms with van der Waals surface area (Å²) in [5.41, 5.74) is 8.20. The van der Waals surface area contributed by atoms with E-state index in [1.807, 2.05) is 52.0 Å². The van der Waals surface area contributed by atoms with Crippen LogP contribution in [0.25, 0.3) is 5.82 Å². The number of nitrogens with one attached hydrogen (secondary N) is 2. The van der Waals surface area contributed by atoms with E-state index >= 15 is 0 Å². The Morgan fingerprint density at radius 1 is 1.07 bits per heavy atom. The second kappa shape index (κ2) is 8.96. The van der Waals surface area contributed by atoms with Gasteiger partial charge in [0.1, 0.15) is 5.75 Å². The monoisotopic (exact) mass is 427 g/mol. The number of amides is 2. The summed E-state index contributed by atoms with van der Waals surface area (Å²) >= 11 is 6.12. The maximum Gasteiger partial charge on any atom is 0.289 e. The molecule has 2 N–H and O–H groups in total. The Labute approximate surface area is 179 Å². The molecule has 2 aromatic heterocycles. The van der Waals surface area contributed by atoms with E-state index in [9.17, 15) is 9.59 Å². The first-order chi connectivity index (χ1) is 14.2. The predicted molar refractivity (Wildman–Crippen MR) is 113 cm³/mol. The van der Waals surface area contributed by atoms with Crippen molar-refractivity contribution >= 4 is 23.4 Å². The van der Waals surface area contributed by atoms with Crippen LogP contribution in [0.5, 0.6) is 5.75 Å². The third-order valence-electron chi connectivity index (χ3n) is 4.29. The molecule has 0 aliphatic carbocycles. The largest absolute Gasteiger partial charge is 0.483 e. The van der Waals surface area contributed by atoms with E-state index in [1.54, 1.807) is 16.8 Å². The van der Waals surface area contributed by atoms with Crippen LogP contribution in [-0.2, 0) is 4.79 Å². The van der Waals surface area contributed by atoms with Crippen LogP contribution in [0.3, 0.4) is 0 Å². The lowest BCUT2D eigenvalue weighted by Crippen LogP contribution is -2.44. The van der Waals surface area contributed by atoms with Gasteiger partial charge in [-0.1, -0.05) is 23.7 Å². The van der Waals surface area contributed by atoms with E-state index in [0.29, 0.717) is 11.6 Å². The number of hydrazine groups is 1. The van der Waals surface area contributed by atoms with Crippen molar-refractivity contribution in [2.24, 2.45) is 0 Å². The van der Waals surface area contributed by atoms with Crippen LogP contribution >= 0.6 is 11.6 Å². The second-order valence-electron chi connectivity index (χ2n) is 6.90. The van der Waals surface area contributed by atoms with E-state index in [0.717, 1.165) is 22.5 Å². The molecule has 3 rings (SSSR count). The molecule has 0 fully saturated rings. The van der Waals surface area contributed by atoms with Crippen molar-refractivity contribution < 1.29 is 14.3 Å². The lowest BCUT2D eigenvalue weighted by atomic mass is 10.1. The summed E-state index contributed by atoms with van der Waals surface area (Å²) in [6.45, 7) is 7.31. The molecule has 1 aromatic carbocycles. The van der Waals surface area contributed by atoms with Gasteiger partial charge in [0.25, 0.3) is 11.8 Å². The summed E-state index contributed by atoms with van der Waals surface area (Å²) in [4.78, 5) is 28.8. The fourth-order valence-corrected chi connectivity index (χ4v) is 2.99. The average Bonchev–Trinajstić information content (AvgIpc) is 3.05. The van der Waals surface area contributed by atoms with Crippen molar-refractivity contribution in [3.05, 3.63) is 69.6 Å². The van der Waals surface area contributed by atoms with Crippen LogP contribution in [-0.4, -0.2) is 33.2 Å². The number of halogens is 1. The summed E-state index contributed by atoms with van der Waals surface area (Å²) < 4.78 is 7.13. The summed E-state index contributed by atoms with van der Waals surface area (Å²) in [6, 6.07) is 10.8. The minimum Gasteiger partial charge on any atom is -0.483 e. The highest BCUT2D eigenvalue weighted by Crippen LogP contribution is 2.19. The van der Waals surface area contributed by atoms with E-state index in [-0.39, 0.29) is 17.3 Å². The lowest BCUT2D eigenvalue weighted by molar-refractivity contribution is -0.123. The van der Waals surface area contributed by atoms with Crippen LogP contribution in [0, 0.1) is 27.7 Å². The first-order valence-corrected chi connectivity index (χ1v) is 9.62. The number of hydrogen-bond donors (Lipinski definition) is 2. The van der Waals surface area contributed by atoms with Gasteiger partial charge >= 0.3 is 0 Å². The van der Waals surface area contributed by atoms with Crippen molar-refractivity contribution in [2.45, 2.75) is 27.7 Å². The van der Waals surface area contributed by atoms with E-state index in [2.05, 4.69) is 20.9 Å². The van der Waals surface area contributed by atoms with Gasteiger partial charge in [0.05, 0.1) is 10.7 Å². The third kappa shape index (κ3) is 4.96. The van der Waals surface area contributed by atoms with Gasteiger partial charge in [0.2, 0.25) is 0 Å². The number of aromatic nitrogens is 3. The number of ether oxygens (including phenoxy) is 1. The number of pyridine rings is 1. The Kier molecular flexibility index (Phi) is 6.37. The Hall–Kier alpha value is -3.39. The molecule has 2 amide bonds. The van der Waals surface area contributed by atoms with Gasteiger partial charge in [0, 0.05) is 5.69 Å². The van der Waals surface area contributed by atoms with Crippen molar-refractivity contribution in [3.8, 4) is 11.6 Å². The normalized spacial score (nSPS) is 10.6. The molecule has 0 bridgehead atoms. The van der Waals surface area contributed by atoms with Crippen molar-refractivity contribution in [1.82, 2.24) is 25.6 Å². The fourth-order valence-electron chi connectivity index (χ4n) is 2.80. The van der Waals surface area contributed by atoms with Gasteiger partial charge in [0.15, 0.2) is 18.1 Å². The maximum atomic E-state index is 12.5. The molecule has 0 spiro atoms. The van der Waals surface area contributed by atoms with Gasteiger partial charge in [-0.3, -0.25) is 20.4 Å². The standard InChI is InChI=1S/C21H22ClN5O3/c1-12-5-6-13(2)17(9-12)30-11-19(28)24-25-21(29)20-16(22)7-8-18(23-20)27-15(4)10-14(3)26-27/h5-10H,11H2,1-4H3,(H,24,28)(H,25,29). The second-order valence-corrected chi connectivity index (χ2v) is 7.31. The predicted octanol–water partition coefficient (Wildman–Crippen LogP) is 2.99. The Morgan fingerprint density at radius 2 is 1.83 bits per heavy atom. The van der Waals surface area contributed by atoms with Crippen LogP contribution in [0.2, 0.25) is 5.02 Å². The molecule has 0 radical (unpaired) electrons. The number of carbonyl (C=O) groups is 2. The smallest absolute Gasteiger partial charge is 0.289 e. The van der Waals surface area contributed by atoms with Gasteiger partial charge in [-0.2, -0.15) is 5.10 Å². The quantitative estimate of drug-likeness (QED) is 0.610. The van der Waals surface area contributed by atoms with Crippen LogP contribution in [0.15, 0.2) is 36.4 Å². The molecule has 0 aliphatic heterocycles. The van der Waals surface area contributed by atoms with Crippen LogP contribution in [0.1, 0.15) is 33.0 Å². The minimum absolute atomic E-state index is 0.0301. The highest BCUT2D eigenvalue weighted by Gasteiger charge is 2.16. The molecule has 8 nitrogen and oxygen atoms in total. The van der Waals surface area contributed by atoms with Crippen LogP contribution < -0.4 is 15.6 Å². The maximum absolute atomic E-state index is 12.5. The molecule has 0 unspecified atom stereocenters. The highest BCUT2D eigenvalue weighted by molar-refractivity contribution is 6.33. The topological polar surface area (TPSA) is 98.1 Å². The van der Waals surface area contributed by atoms with E-state index in [4.69, 9.17) is 16.3 Å². The number of rotatable bonds is 5. The molecule has 156 valence electrons. The molecule has 0 saturated heterocycles. The molecule has 30 heavy (non-hydrogen) atoms. The van der Waals surface area contributed by atoms with Crippen molar-refractivity contribution in [3.63, 3.8) is 0 Å². The zero-order valence-electron chi connectivity index (χ0n) is 17.1. The van der Waals surface area contributed by atoms with Gasteiger partial charge in [-0.15, -0.1) is 0 Å². The molecule has 9 heteroatoms. The SMILES string of the molecule is Cc1ccc(C)c(OCC(=O)NNC(=O)c2nc(-n3nc(C)cc3C)ccc2Cl)c1. The summed E-state index contributed by atoms with van der Waals surface area (Å²) in [6.07, 6.45) is 0. The first-order valence-electron chi connectivity index (χ1n) is 9.24. The molecular weight excluding hydrogens is 406 g/mol. The zero-order valence-corrected chi connectivity index (χ0v) is 17.9. The number of aryl methyl sites for hydroxylation is 4. The molecule has 0 atom stereocenters. The van der Waals surface area contributed by atoms with Crippen LogP contribution in [0.4, 0.5) is 0 Å². The van der Waals surface area contributed by atoms with E-state index < -0.39 is 11.8 Å². The average molecular weight is 428 g/mol. The zero-order chi connectivity index (χ0) is 21.8. The van der Waals surface area contributed by atoms with E-state index in [1.165, 1.54) is 0 Å². The summed E-state index contributed by atoms with van der Waals surface area (Å²) in [5.74, 6) is -0.114. The van der Waals surface area contributed by atoms with Gasteiger partial charge < -0.3 is 4.74 Å². The summed E-state index contributed by atoms with van der Waals surface area (Å²) in [7, 11) is 0.